The van der Waals surface area contributed by atoms with Crippen molar-refractivity contribution >= 4 is 37.4 Å². The van der Waals surface area contributed by atoms with Gasteiger partial charge in [-0.25, -0.2) is 0 Å². The predicted molar refractivity (Wildman–Crippen MR) is 91.8 cm³/mol. The molecule has 2 aromatic carbocycles. The molecule has 21 heavy (non-hydrogen) atoms. The highest BCUT2D eigenvalue weighted by Crippen LogP contribution is 2.57. The number of benzene rings is 2. The molecule has 3 aromatic rings. The molecule has 0 saturated heterocycles. The van der Waals surface area contributed by atoms with Crippen LogP contribution < -0.4 is 0 Å². The fraction of sp³-hybridized carbons (Fsp3) is 0.222. The van der Waals surface area contributed by atoms with E-state index < -0.39 is 6.10 Å². The van der Waals surface area contributed by atoms with Gasteiger partial charge in [-0.2, -0.15) is 0 Å². The smallest absolute Gasteiger partial charge is 0.0900 e. The van der Waals surface area contributed by atoms with Gasteiger partial charge in [0.2, 0.25) is 0 Å². The van der Waals surface area contributed by atoms with E-state index in [2.05, 4.69) is 57.7 Å². The third kappa shape index (κ3) is 2.07. The number of aliphatic hydroxyl groups excluding tert-OH is 1. The molecule has 0 spiro atoms. The summed E-state index contributed by atoms with van der Waals surface area (Å²) < 4.78 is 2.32. The molecule has 0 amide bonds. The second-order valence-electron chi connectivity index (χ2n) is 5.73. The van der Waals surface area contributed by atoms with Crippen molar-refractivity contribution in [2.75, 3.05) is 0 Å². The zero-order chi connectivity index (χ0) is 14.4. The topological polar surface area (TPSA) is 20.2 Å². The summed E-state index contributed by atoms with van der Waals surface area (Å²) in [7, 11) is 0. The highest BCUT2D eigenvalue weighted by atomic mass is 79.9. The van der Waals surface area contributed by atoms with Crippen molar-refractivity contribution in [1.29, 1.82) is 0 Å². The summed E-state index contributed by atoms with van der Waals surface area (Å²) in [6.07, 6.45) is 1.69. The van der Waals surface area contributed by atoms with E-state index in [9.17, 15) is 5.11 Å². The third-order valence-electron chi connectivity index (χ3n) is 4.54. The van der Waals surface area contributed by atoms with Crippen LogP contribution >= 0.6 is 27.3 Å². The molecule has 1 nitrogen and oxygen atoms in total. The highest BCUT2D eigenvalue weighted by molar-refractivity contribution is 9.10. The SMILES string of the molecule is OC(c1csc2c(Br)cccc12)C1(c2ccccc2)CC1. The van der Waals surface area contributed by atoms with Crippen LogP contribution in [0.25, 0.3) is 10.1 Å². The van der Waals surface area contributed by atoms with Crippen molar-refractivity contribution in [2.45, 2.75) is 24.4 Å². The standard InChI is InChI=1S/C18H15BrOS/c19-15-8-4-7-13-14(11-21-16(13)15)17(20)18(9-10-18)12-5-2-1-3-6-12/h1-8,11,17,20H,9-10H2. The van der Waals surface area contributed by atoms with E-state index in [0.717, 1.165) is 22.9 Å². The van der Waals surface area contributed by atoms with Crippen LogP contribution in [0.5, 0.6) is 0 Å². The summed E-state index contributed by atoms with van der Waals surface area (Å²) in [5, 5.41) is 14.3. The Morgan fingerprint density at radius 3 is 2.52 bits per heavy atom. The molecule has 1 saturated carbocycles. The van der Waals surface area contributed by atoms with E-state index in [4.69, 9.17) is 0 Å². The fourth-order valence-corrected chi connectivity index (χ4v) is 4.82. The lowest BCUT2D eigenvalue weighted by Crippen LogP contribution is -2.17. The van der Waals surface area contributed by atoms with Crippen molar-refractivity contribution in [3.8, 4) is 0 Å². The van der Waals surface area contributed by atoms with Crippen LogP contribution in [0.2, 0.25) is 0 Å². The van der Waals surface area contributed by atoms with Gasteiger partial charge in [0.25, 0.3) is 0 Å². The summed E-state index contributed by atoms with van der Waals surface area (Å²) in [4.78, 5) is 0. The molecule has 1 fully saturated rings. The Kier molecular flexibility index (Phi) is 3.18. The zero-order valence-corrected chi connectivity index (χ0v) is 13.8. The van der Waals surface area contributed by atoms with E-state index in [1.54, 1.807) is 11.3 Å². The number of hydrogen-bond donors (Lipinski definition) is 1. The van der Waals surface area contributed by atoms with E-state index in [0.29, 0.717) is 0 Å². The number of hydrogen-bond acceptors (Lipinski definition) is 2. The Bertz CT molecular complexity index is 789. The molecule has 1 atom stereocenters. The van der Waals surface area contributed by atoms with E-state index >= 15 is 0 Å². The van der Waals surface area contributed by atoms with Gasteiger partial charge in [0, 0.05) is 14.6 Å². The van der Waals surface area contributed by atoms with Crippen LogP contribution in [0.4, 0.5) is 0 Å². The molecule has 1 heterocycles. The second-order valence-corrected chi connectivity index (χ2v) is 7.47. The molecular formula is C18H15BrOS. The summed E-state index contributed by atoms with van der Waals surface area (Å²) >= 11 is 5.30. The lowest BCUT2D eigenvalue weighted by Gasteiger charge is -2.22. The van der Waals surface area contributed by atoms with Gasteiger partial charge in [0.15, 0.2) is 0 Å². The highest BCUT2D eigenvalue weighted by Gasteiger charge is 2.51. The Morgan fingerprint density at radius 2 is 1.81 bits per heavy atom. The number of aliphatic hydroxyl groups is 1. The largest absolute Gasteiger partial charge is 0.387 e. The Morgan fingerprint density at radius 1 is 1.05 bits per heavy atom. The maximum Gasteiger partial charge on any atom is 0.0900 e. The molecule has 3 heteroatoms. The van der Waals surface area contributed by atoms with Crippen molar-refractivity contribution in [2.24, 2.45) is 0 Å². The van der Waals surface area contributed by atoms with Crippen LogP contribution in [0.3, 0.4) is 0 Å². The minimum atomic E-state index is -0.428. The van der Waals surface area contributed by atoms with Crippen LogP contribution in [-0.2, 0) is 5.41 Å². The number of thiophene rings is 1. The van der Waals surface area contributed by atoms with Crippen LogP contribution in [0.15, 0.2) is 58.4 Å². The normalized spacial score (nSPS) is 17.8. The molecule has 0 bridgehead atoms. The number of rotatable bonds is 3. The number of fused-ring (bicyclic) bond motifs is 1. The molecule has 1 aliphatic rings. The fourth-order valence-electron chi connectivity index (χ4n) is 3.18. The van der Waals surface area contributed by atoms with Crippen molar-refractivity contribution in [1.82, 2.24) is 0 Å². The molecular weight excluding hydrogens is 344 g/mol. The summed E-state index contributed by atoms with van der Waals surface area (Å²) in [6.45, 7) is 0. The maximum atomic E-state index is 11.0. The molecule has 0 radical (unpaired) electrons. The average Bonchev–Trinajstić information content (AvgIpc) is 3.22. The van der Waals surface area contributed by atoms with Gasteiger partial charge in [-0.3, -0.25) is 0 Å². The van der Waals surface area contributed by atoms with Gasteiger partial charge < -0.3 is 5.11 Å². The molecule has 4 rings (SSSR count). The minimum Gasteiger partial charge on any atom is -0.387 e. The first kappa shape index (κ1) is 13.5. The third-order valence-corrected chi connectivity index (χ3v) is 6.51. The Labute approximate surface area is 136 Å². The summed E-state index contributed by atoms with van der Waals surface area (Å²) in [5.41, 5.74) is 2.24. The first-order valence-electron chi connectivity index (χ1n) is 7.11. The lowest BCUT2D eigenvalue weighted by atomic mass is 9.86. The van der Waals surface area contributed by atoms with Crippen molar-refractivity contribution in [3.05, 3.63) is 69.5 Å². The molecule has 1 aromatic heterocycles. The predicted octanol–water partition coefficient (Wildman–Crippen LogP) is 5.43. The van der Waals surface area contributed by atoms with Gasteiger partial charge in [0.05, 0.1) is 6.10 Å². The lowest BCUT2D eigenvalue weighted by molar-refractivity contribution is 0.135. The monoisotopic (exact) mass is 358 g/mol. The van der Waals surface area contributed by atoms with Crippen molar-refractivity contribution < 1.29 is 5.11 Å². The van der Waals surface area contributed by atoms with E-state index in [1.807, 2.05) is 12.1 Å². The van der Waals surface area contributed by atoms with Crippen LogP contribution in [0, 0.1) is 0 Å². The second kappa shape index (κ2) is 4.94. The van der Waals surface area contributed by atoms with E-state index in [1.165, 1.54) is 15.6 Å². The molecule has 1 N–H and O–H groups in total. The summed E-state index contributed by atoms with van der Waals surface area (Å²) in [6, 6.07) is 16.6. The van der Waals surface area contributed by atoms with Gasteiger partial charge in [0.1, 0.15) is 0 Å². The Balaban J connectivity index is 1.81. The van der Waals surface area contributed by atoms with E-state index in [-0.39, 0.29) is 5.41 Å². The van der Waals surface area contributed by atoms with Gasteiger partial charge >= 0.3 is 0 Å². The number of halogens is 1. The van der Waals surface area contributed by atoms with Crippen molar-refractivity contribution in [3.63, 3.8) is 0 Å². The van der Waals surface area contributed by atoms with Gasteiger partial charge in [-0.05, 0) is 56.7 Å². The summed E-state index contributed by atoms with van der Waals surface area (Å²) in [5.74, 6) is 0. The zero-order valence-electron chi connectivity index (χ0n) is 11.4. The van der Waals surface area contributed by atoms with Crippen LogP contribution in [0.1, 0.15) is 30.1 Å². The molecule has 1 unspecified atom stereocenters. The maximum absolute atomic E-state index is 11.0. The minimum absolute atomic E-state index is 0.0857. The van der Waals surface area contributed by atoms with Crippen LogP contribution in [-0.4, -0.2) is 5.11 Å². The Hall–Kier alpha value is -1.16. The van der Waals surface area contributed by atoms with Gasteiger partial charge in [-0.1, -0.05) is 42.5 Å². The average molecular weight is 359 g/mol. The molecule has 1 aliphatic carbocycles. The first-order valence-corrected chi connectivity index (χ1v) is 8.79. The first-order chi connectivity index (χ1) is 10.2. The molecule has 106 valence electrons. The molecule has 0 aliphatic heterocycles. The quantitative estimate of drug-likeness (QED) is 0.661. The van der Waals surface area contributed by atoms with Gasteiger partial charge in [-0.15, -0.1) is 11.3 Å².